The summed E-state index contributed by atoms with van der Waals surface area (Å²) in [5.41, 5.74) is 4.40. The van der Waals surface area contributed by atoms with Crippen molar-refractivity contribution in [3.8, 4) is 11.1 Å². The van der Waals surface area contributed by atoms with Crippen LogP contribution in [0.2, 0.25) is 0 Å². The number of benzene rings is 2. The van der Waals surface area contributed by atoms with E-state index in [9.17, 15) is 19.2 Å². The number of carbonyl (C=O) groups is 4. The van der Waals surface area contributed by atoms with Crippen molar-refractivity contribution in [3.63, 3.8) is 0 Å². The highest BCUT2D eigenvalue weighted by Crippen LogP contribution is 2.44. The van der Waals surface area contributed by atoms with Crippen LogP contribution in [0.25, 0.3) is 11.1 Å². The number of nitrogens with one attached hydrogen (secondary N) is 2. The van der Waals surface area contributed by atoms with E-state index in [1.807, 2.05) is 48.5 Å². The second-order valence-electron chi connectivity index (χ2n) is 7.99. The van der Waals surface area contributed by atoms with E-state index in [0.29, 0.717) is 0 Å². The van der Waals surface area contributed by atoms with E-state index in [-0.39, 0.29) is 45.3 Å². The molecule has 2 aromatic carbocycles. The van der Waals surface area contributed by atoms with Gasteiger partial charge in [-0.05, 0) is 22.3 Å². The predicted octanol–water partition coefficient (Wildman–Crippen LogP) is 0.953. The summed E-state index contributed by atoms with van der Waals surface area (Å²) in [6.07, 6.45) is -1.82. The molecule has 1 saturated heterocycles. The van der Waals surface area contributed by atoms with Gasteiger partial charge in [0.15, 0.2) is 6.10 Å². The zero-order valence-electron chi connectivity index (χ0n) is 18.4. The van der Waals surface area contributed by atoms with Gasteiger partial charge >= 0.3 is 12.1 Å². The molecule has 1 fully saturated rings. The molecule has 0 bridgehead atoms. The molecular formula is C24H25N3O7. The van der Waals surface area contributed by atoms with Crippen molar-refractivity contribution in [3.05, 3.63) is 59.7 Å². The summed E-state index contributed by atoms with van der Waals surface area (Å²) < 4.78 is 10.4. The van der Waals surface area contributed by atoms with E-state index >= 15 is 0 Å². The molecule has 2 aliphatic rings. The topological polar surface area (TPSA) is 134 Å². The quantitative estimate of drug-likeness (QED) is 0.552. The largest absolute Gasteiger partial charge is 0.479 e. The van der Waals surface area contributed by atoms with Gasteiger partial charge < -0.3 is 30.1 Å². The number of carbonyl (C=O) groups excluding carboxylic acids is 3. The van der Waals surface area contributed by atoms with Crippen molar-refractivity contribution in [2.75, 3.05) is 39.4 Å². The molecule has 0 spiro atoms. The van der Waals surface area contributed by atoms with E-state index in [0.717, 1.165) is 22.3 Å². The van der Waals surface area contributed by atoms with Gasteiger partial charge in [-0.3, -0.25) is 9.59 Å². The fourth-order valence-electron chi connectivity index (χ4n) is 4.18. The van der Waals surface area contributed by atoms with Crippen LogP contribution in [0.3, 0.4) is 0 Å². The summed E-state index contributed by atoms with van der Waals surface area (Å²) >= 11 is 0. The molecule has 1 unspecified atom stereocenters. The van der Waals surface area contributed by atoms with Gasteiger partial charge in [0.1, 0.15) is 13.2 Å². The fourth-order valence-corrected chi connectivity index (χ4v) is 4.18. The molecule has 1 atom stereocenters. The van der Waals surface area contributed by atoms with Crippen LogP contribution in [0.1, 0.15) is 17.0 Å². The Balaban J connectivity index is 1.21. The third-order valence-electron chi connectivity index (χ3n) is 5.87. The molecular weight excluding hydrogens is 442 g/mol. The summed E-state index contributed by atoms with van der Waals surface area (Å²) in [6.45, 7) is -0.261. The number of nitrogens with zero attached hydrogens (tertiary/aromatic N) is 1. The van der Waals surface area contributed by atoms with Crippen LogP contribution in [-0.4, -0.2) is 79.4 Å². The monoisotopic (exact) mass is 467 g/mol. The highest BCUT2D eigenvalue weighted by atomic mass is 16.5. The van der Waals surface area contributed by atoms with E-state index in [4.69, 9.17) is 14.6 Å². The Morgan fingerprint density at radius 3 is 2.26 bits per heavy atom. The SMILES string of the molecule is O=C(CNC(=O)OCC1c2ccccc2-c2ccccc21)NCC(=O)N1CCOC(C(=O)O)C1. The fraction of sp³-hybridized carbons (Fsp3) is 0.333. The molecule has 2 aromatic rings. The van der Waals surface area contributed by atoms with Crippen LogP contribution in [0, 0.1) is 0 Å². The number of fused-ring (bicyclic) bond motifs is 3. The first kappa shape index (κ1) is 23.2. The van der Waals surface area contributed by atoms with Gasteiger partial charge in [0.25, 0.3) is 0 Å². The minimum Gasteiger partial charge on any atom is -0.479 e. The maximum atomic E-state index is 12.2. The van der Waals surface area contributed by atoms with Crippen LogP contribution in [0.4, 0.5) is 4.79 Å². The molecule has 1 aliphatic heterocycles. The lowest BCUT2D eigenvalue weighted by Gasteiger charge is -2.30. The van der Waals surface area contributed by atoms with Gasteiger partial charge in [-0.15, -0.1) is 0 Å². The summed E-state index contributed by atoms with van der Waals surface area (Å²) in [7, 11) is 0. The first-order chi connectivity index (χ1) is 16.4. The molecule has 3 N–H and O–H groups in total. The normalized spacial score (nSPS) is 16.8. The zero-order chi connectivity index (χ0) is 24.1. The van der Waals surface area contributed by atoms with Crippen molar-refractivity contribution in [2.45, 2.75) is 12.0 Å². The van der Waals surface area contributed by atoms with Crippen molar-refractivity contribution in [2.24, 2.45) is 0 Å². The number of hydrogen-bond donors (Lipinski definition) is 3. The average molecular weight is 467 g/mol. The van der Waals surface area contributed by atoms with Crippen molar-refractivity contribution in [1.82, 2.24) is 15.5 Å². The Bertz CT molecular complexity index is 1060. The molecule has 0 aromatic heterocycles. The maximum Gasteiger partial charge on any atom is 0.407 e. The van der Waals surface area contributed by atoms with Crippen LogP contribution in [-0.2, 0) is 23.9 Å². The molecule has 10 nitrogen and oxygen atoms in total. The second kappa shape index (κ2) is 10.3. The number of carboxylic acid groups (broad SMARTS) is 1. The lowest BCUT2D eigenvalue weighted by molar-refractivity contribution is -0.159. The molecule has 1 heterocycles. The summed E-state index contributed by atoms with van der Waals surface area (Å²) in [5, 5.41) is 13.8. The van der Waals surface area contributed by atoms with Gasteiger partial charge in [0, 0.05) is 12.5 Å². The Kier molecular flexibility index (Phi) is 7.07. The van der Waals surface area contributed by atoms with Gasteiger partial charge in [-0.1, -0.05) is 48.5 Å². The van der Waals surface area contributed by atoms with Gasteiger partial charge in [0.05, 0.1) is 19.7 Å². The number of rotatable bonds is 7. The van der Waals surface area contributed by atoms with Crippen molar-refractivity contribution < 1.29 is 33.8 Å². The minimum atomic E-state index is -1.14. The van der Waals surface area contributed by atoms with Crippen LogP contribution >= 0.6 is 0 Å². The Morgan fingerprint density at radius 2 is 1.62 bits per heavy atom. The molecule has 178 valence electrons. The van der Waals surface area contributed by atoms with Crippen LogP contribution in [0.15, 0.2) is 48.5 Å². The predicted molar refractivity (Wildman–Crippen MR) is 120 cm³/mol. The molecule has 1 aliphatic carbocycles. The highest BCUT2D eigenvalue weighted by Gasteiger charge is 2.30. The molecule has 3 amide bonds. The number of hydrogen-bond acceptors (Lipinski definition) is 6. The summed E-state index contributed by atoms with van der Waals surface area (Å²) in [4.78, 5) is 48.7. The van der Waals surface area contributed by atoms with E-state index in [1.165, 1.54) is 4.90 Å². The van der Waals surface area contributed by atoms with Gasteiger partial charge in [-0.2, -0.15) is 0 Å². The molecule has 4 rings (SSSR count). The zero-order valence-corrected chi connectivity index (χ0v) is 18.4. The van der Waals surface area contributed by atoms with Crippen LogP contribution in [0.5, 0.6) is 0 Å². The molecule has 0 saturated carbocycles. The number of carboxylic acids is 1. The summed E-state index contributed by atoms with van der Waals surface area (Å²) in [5.74, 6) is -2.23. The minimum absolute atomic E-state index is 0.0813. The van der Waals surface area contributed by atoms with Crippen molar-refractivity contribution in [1.29, 1.82) is 0 Å². The van der Waals surface area contributed by atoms with E-state index < -0.39 is 30.0 Å². The Labute approximate surface area is 195 Å². The number of aliphatic carboxylic acids is 1. The number of morpholine rings is 1. The lowest BCUT2D eigenvalue weighted by Crippen LogP contribution is -2.51. The first-order valence-electron chi connectivity index (χ1n) is 10.9. The molecule has 0 radical (unpaired) electrons. The smallest absolute Gasteiger partial charge is 0.407 e. The third-order valence-corrected chi connectivity index (χ3v) is 5.87. The Hall–Kier alpha value is -3.92. The number of alkyl carbamates (subject to hydrolysis) is 1. The number of amides is 3. The molecule has 10 heteroatoms. The first-order valence-corrected chi connectivity index (χ1v) is 10.9. The van der Waals surface area contributed by atoms with Gasteiger partial charge in [-0.25, -0.2) is 9.59 Å². The Morgan fingerprint density at radius 1 is 0.971 bits per heavy atom. The van der Waals surface area contributed by atoms with Crippen LogP contribution < -0.4 is 10.6 Å². The molecule has 34 heavy (non-hydrogen) atoms. The standard InChI is InChI=1S/C24H25N3O7/c28-21(25-12-22(29)27-9-10-33-20(13-27)23(30)31)11-26-24(32)34-14-19-17-7-3-1-5-15(17)16-6-2-4-8-18(16)19/h1-8,19-20H,9-14H2,(H,25,28)(H,26,32)(H,30,31). The van der Waals surface area contributed by atoms with Crippen molar-refractivity contribution >= 4 is 23.9 Å². The second-order valence-corrected chi connectivity index (χ2v) is 7.99. The maximum absolute atomic E-state index is 12.2. The third kappa shape index (κ3) is 5.18. The van der Waals surface area contributed by atoms with E-state index in [2.05, 4.69) is 10.6 Å². The number of ether oxygens (including phenoxy) is 2. The van der Waals surface area contributed by atoms with E-state index in [1.54, 1.807) is 0 Å². The summed E-state index contributed by atoms with van der Waals surface area (Å²) in [6, 6.07) is 15.9. The highest BCUT2D eigenvalue weighted by molar-refractivity contribution is 5.87. The average Bonchev–Trinajstić information content (AvgIpc) is 3.18. The van der Waals surface area contributed by atoms with Gasteiger partial charge in [0.2, 0.25) is 11.8 Å². The lowest BCUT2D eigenvalue weighted by atomic mass is 9.98.